The van der Waals surface area contributed by atoms with Gasteiger partial charge in [0.1, 0.15) is 4.87 Å². The van der Waals surface area contributed by atoms with Gasteiger partial charge in [-0.3, -0.25) is 9.00 Å². The standard InChI is InChI=1S/C14H16ClN3O2S/c1-9(19)18-13-5-6-14(17,8-12(13)16)21(20)11-4-2-3-10(15)7-11/h2-8,13H,16-17H2,1H3,(H,18,19). The van der Waals surface area contributed by atoms with Crippen molar-refractivity contribution in [3.63, 3.8) is 0 Å². The van der Waals surface area contributed by atoms with Gasteiger partial charge in [0.2, 0.25) is 5.91 Å². The number of benzene rings is 1. The molecule has 0 saturated carbocycles. The van der Waals surface area contributed by atoms with Gasteiger partial charge >= 0.3 is 0 Å². The summed E-state index contributed by atoms with van der Waals surface area (Å²) in [6, 6.07) is 6.26. The van der Waals surface area contributed by atoms with Crippen molar-refractivity contribution < 1.29 is 9.00 Å². The molecule has 0 bridgehead atoms. The summed E-state index contributed by atoms with van der Waals surface area (Å²) >= 11 is 5.90. The average molecular weight is 326 g/mol. The molecule has 3 unspecified atom stereocenters. The van der Waals surface area contributed by atoms with Gasteiger partial charge in [-0.2, -0.15) is 0 Å². The lowest BCUT2D eigenvalue weighted by atomic mass is 10.0. The maximum Gasteiger partial charge on any atom is 0.217 e. The highest BCUT2D eigenvalue weighted by molar-refractivity contribution is 7.86. The molecule has 0 spiro atoms. The highest BCUT2D eigenvalue weighted by Gasteiger charge is 2.33. The first kappa shape index (κ1) is 15.8. The van der Waals surface area contributed by atoms with Crippen LogP contribution in [-0.2, 0) is 15.6 Å². The van der Waals surface area contributed by atoms with Crippen LogP contribution < -0.4 is 16.8 Å². The zero-order valence-corrected chi connectivity index (χ0v) is 12.9. The Morgan fingerprint density at radius 2 is 2.19 bits per heavy atom. The van der Waals surface area contributed by atoms with E-state index < -0.39 is 21.7 Å². The van der Waals surface area contributed by atoms with E-state index in [1.54, 1.807) is 36.4 Å². The molecule has 2 rings (SSSR count). The van der Waals surface area contributed by atoms with E-state index in [0.29, 0.717) is 15.6 Å². The van der Waals surface area contributed by atoms with Crippen LogP contribution >= 0.6 is 11.6 Å². The Bertz CT molecular complexity index is 659. The number of amides is 1. The summed E-state index contributed by atoms with van der Waals surface area (Å²) in [7, 11) is -1.56. The molecule has 1 amide bonds. The second kappa shape index (κ2) is 6.01. The third-order valence-electron chi connectivity index (χ3n) is 2.99. The van der Waals surface area contributed by atoms with E-state index in [-0.39, 0.29) is 5.91 Å². The van der Waals surface area contributed by atoms with Gasteiger partial charge in [-0.15, -0.1) is 0 Å². The van der Waals surface area contributed by atoms with Crippen molar-refractivity contribution in [3.05, 3.63) is 53.2 Å². The third kappa shape index (κ3) is 3.53. The monoisotopic (exact) mass is 325 g/mol. The minimum atomic E-state index is -1.56. The molecule has 0 heterocycles. The predicted octanol–water partition coefficient (Wildman–Crippen LogP) is 1.02. The molecule has 7 heteroatoms. The molecule has 1 aliphatic carbocycles. The Morgan fingerprint density at radius 1 is 1.48 bits per heavy atom. The number of halogens is 1. The van der Waals surface area contributed by atoms with Crippen LogP contribution in [0.25, 0.3) is 0 Å². The van der Waals surface area contributed by atoms with E-state index in [1.807, 2.05) is 0 Å². The van der Waals surface area contributed by atoms with Gasteiger partial charge in [0.05, 0.1) is 16.8 Å². The van der Waals surface area contributed by atoms with Crippen LogP contribution in [-0.4, -0.2) is 21.0 Å². The highest BCUT2D eigenvalue weighted by Crippen LogP contribution is 2.26. The molecule has 0 aliphatic heterocycles. The molecule has 3 atom stereocenters. The number of carbonyl (C=O) groups is 1. The van der Waals surface area contributed by atoms with Crippen molar-refractivity contribution in [2.75, 3.05) is 0 Å². The first-order valence-electron chi connectivity index (χ1n) is 6.23. The maximum absolute atomic E-state index is 12.6. The molecule has 0 radical (unpaired) electrons. The summed E-state index contributed by atoms with van der Waals surface area (Å²) in [4.78, 5) is 10.4. The van der Waals surface area contributed by atoms with E-state index in [1.165, 1.54) is 13.0 Å². The van der Waals surface area contributed by atoms with Gasteiger partial charge in [0.25, 0.3) is 0 Å². The molecule has 1 aliphatic rings. The molecule has 1 aromatic rings. The van der Waals surface area contributed by atoms with Gasteiger partial charge in [-0.05, 0) is 30.4 Å². The lowest BCUT2D eigenvalue weighted by molar-refractivity contribution is -0.119. The van der Waals surface area contributed by atoms with Crippen molar-refractivity contribution in [3.8, 4) is 0 Å². The van der Waals surface area contributed by atoms with Crippen molar-refractivity contribution >= 4 is 28.3 Å². The molecule has 112 valence electrons. The zero-order valence-electron chi connectivity index (χ0n) is 11.4. The Hall–Kier alpha value is -1.63. The number of rotatable bonds is 3. The van der Waals surface area contributed by atoms with E-state index >= 15 is 0 Å². The lowest BCUT2D eigenvalue weighted by Gasteiger charge is -2.29. The largest absolute Gasteiger partial charge is 0.400 e. The normalized spacial score (nSPS) is 26.0. The fraction of sp³-hybridized carbons (Fsp3) is 0.214. The molecule has 0 aromatic heterocycles. The van der Waals surface area contributed by atoms with Gasteiger partial charge in [0.15, 0.2) is 0 Å². The quantitative estimate of drug-likeness (QED) is 0.723. The number of hydrogen-bond donors (Lipinski definition) is 3. The predicted molar refractivity (Wildman–Crippen MR) is 83.8 cm³/mol. The van der Waals surface area contributed by atoms with Crippen LogP contribution in [0.1, 0.15) is 6.92 Å². The van der Waals surface area contributed by atoms with Crippen molar-refractivity contribution in [2.24, 2.45) is 11.5 Å². The summed E-state index contributed by atoms with van der Waals surface area (Å²) in [6.07, 6.45) is 4.73. The van der Waals surface area contributed by atoms with E-state index in [9.17, 15) is 9.00 Å². The smallest absolute Gasteiger partial charge is 0.217 e. The molecule has 0 saturated heterocycles. The molecular weight excluding hydrogens is 310 g/mol. The second-order valence-electron chi connectivity index (χ2n) is 4.76. The fourth-order valence-electron chi connectivity index (χ4n) is 2.01. The number of nitrogens with one attached hydrogen (secondary N) is 1. The average Bonchev–Trinajstić information content (AvgIpc) is 2.41. The minimum Gasteiger partial charge on any atom is -0.400 e. The fourth-order valence-corrected chi connectivity index (χ4v) is 3.55. The maximum atomic E-state index is 12.6. The summed E-state index contributed by atoms with van der Waals surface area (Å²) in [5.74, 6) is -0.207. The summed E-state index contributed by atoms with van der Waals surface area (Å²) in [6.45, 7) is 1.40. The Balaban J connectivity index is 2.28. The highest BCUT2D eigenvalue weighted by atomic mass is 35.5. The third-order valence-corrected chi connectivity index (χ3v) is 4.80. The van der Waals surface area contributed by atoms with Gasteiger partial charge in [0, 0.05) is 22.5 Å². The van der Waals surface area contributed by atoms with E-state index in [2.05, 4.69) is 5.32 Å². The molecule has 0 fully saturated rings. The SMILES string of the molecule is CC(=O)NC1C=CC(N)(S(=O)c2cccc(Cl)c2)C=C1N. The minimum absolute atomic E-state index is 0.207. The molecular formula is C14H16ClN3O2S. The van der Waals surface area contributed by atoms with Gasteiger partial charge in [-0.25, -0.2) is 0 Å². The summed E-state index contributed by atoms with van der Waals surface area (Å²) < 4.78 is 12.6. The van der Waals surface area contributed by atoms with E-state index in [0.717, 1.165) is 0 Å². The Morgan fingerprint density at radius 3 is 2.76 bits per heavy atom. The number of nitrogens with two attached hydrogens (primary N) is 2. The molecule has 5 nitrogen and oxygen atoms in total. The van der Waals surface area contributed by atoms with Crippen LogP contribution in [0.5, 0.6) is 0 Å². The first-order chi connectivity index (χ1) is 9.82. The van der Waals surface area contributed by atoms with Crippen LogP contribution in [0.2, 0.25) is 5.02 Å². The number of hydrogen-bond acceptors (Lipinski definition) is 4. The van der Waals surface area contributed by atoms with E-state index in [4.69, 9.17) is 23.1 Å². The molecule has 21 heavy (non-hydrogen) atoms. The Kier molecular flexibility index (Phi) is 4.51. The van der Waals surface area contributed by atoms with Crippen LogP contribution in [0.4, 0.5) is 0 Å². The lowest BCUT2D eigenvalue weighted by Crippen LogP contribution is -2.47. The molecule has 1 aromatic carbocycles. The van der Waals surface area contributed by atoms with Crippen molar-refractivity contribution in [2.45, 2.75) is 22.7 Å². The zero-order chi connectivity index (χ0) is 15.6. The van der Waals surface area contributed by atoms with Crippen molar-refractivity contribution in [1.82, 2.24) is 5.32 Å². The summed E-state index contributed by atoms with van der Waals surface area (Å²) in [5, 5.41) is 3.15. The van der Waals surface area contributed by atoms with Crippen LogP contribution in [0.3, 0.4) is 0 Å². The Labute approximate surface area is 130 Å². The molecule has 5 N–H and O–H groups in total. The summed E-state index contributed by atoms with van der Waals surface area (Å²) in [5.41, 5.74) is 12.4. The van der Waals surface area contributed by atoms with Crippen LogP contribution in [0.15, 0.2) is 53.1 Å². The number of carbonyl (C=O) groups excluding carboxylic acids is 1. The van der Waals surface area contributed by atoms with Gasteiger partial charge in [-0.1, -0.05) is 23.7 Å². The second-order valence-corrected chi connectivity index (χ2v) is 6.91. The van der Waals surface area contributed by atoms with Crippen LogP contribution in [0, 0.1) is 0 Å². The van der Waals surface area contributed by atoms with Crippen molar-refractivity contribution in [1.29, 1.82) is 0 Å². The van der Waals surface area contributed by atoms with Gasteiger partial charge < -0.3 is 16.8 Å². The topological polar surface area (TPSA) is 98.2 Å². The first-order valence-corrected chi connectivity index (χ1v) is 7.75.